The van der Waals surface area contributed by atoms with Crippen LogP contribution < -0.4 is 14.2 Å². The molecule has 0 aliphatic rings. The second kappa shape index (κ2) is 8.08. The number of hydrogen-bond donors (Lipinski definition) is 1. The molecule has 1 N–H and O–H groups in total. The Morgan fingerprint density at radius 2 is 1.86 bits per heavy atom. The molecular weight excluding hydrogens is 372 g/mol. The molecule has 2 aromatic carbocycles. The Morgan fingerprint density at radius 1 is 1.14 bits per heavy atom. The average molecular weight is 389 g/mol. The number of ether oxygens (including phenoxy) is 3. The van der Waals surface area contributed by atoms with E-state index in [9.17, 15) is 18.7 Å². The van der Waals surface area contributed by atoms with E-state index in [1.165, 1.54) is 37.4 Å². The van der Waals surface area contributed by atoms with Gasteiger partial charge in [-0.05, 0) is 43.3 Å². The molecule has 1 heterocycles. The zero-order valence-electron chi connectivity index (χ0n) is 15.1. The lowest BCUT2D eigenvalue weighted by atomic mass is 10.0. The number of aromatic nitrogens is 1. The van der Waals surface area contributed by atoms with Crippen LogP contribution >= 0.6 is 0 Å². The molecule has 146 valence electrons. The lowest BCUT2D eigenvalue weighted by Crippen LogP contribution is -2.03. The SMILES string of the molecule is CCOc1cc2c(C(=O)O)cc(-c3ccc(OC(F)F)cc3)nc2cc1OC. The molecule has 6 nitrogen and oxygen atoms in total. The number of fused-ring (bicyclic) bond motifs is 1. The minimum atomic E-state index is -2.92. The van der Waals surface area contributed by atoms with Crippen LogP contribution in [-0.2, 0) is 0 Å². The van der Waals surface area contributed by atoms with Crippen molar-refractivity contribution in [2.45, 2.75) is 13.5 Å². The number of benzene rings is 2. The van der Waals surface area contributed by atoms with Crippen molar-refractivity contribution in [2.75, 3.05) is 13.7 Å². The number of rotatable bonds is 7. The van der Waals surface area contributed by atoms with Crippen molar-refractivity contribution in [2.24, 2.45) is 0 Å². The van der Waals surface area contributed by atoms with E-state index < -0.39 is 12.6 Å². The number of methoxy groups -OCH3 is 1. The van der Waals surface area contributed by atoms with Crippen molar-refractivity contribution in [3.63, 3.8) is 0 Å². The third-order valence-corrected chi connectivity index (χ3v) is 4.00. The molecule has 0 atom stereocenters. The first kappa shape index (κ1) is 19.3. The maximum atomic E-state index is 12.3. The smallest absolute Gasteiger partial charge is 0.387 e. The molecule has 3 aromatic rings. The van der Waals surface area contributed by atoms with E-state index >= 15 is 0 Å². The Hall–Kier alpha value is -3.42. The van der Waals surface area contributed by atoms with Crippen molar-refractivity contribution in [1.82, 2.24) is 4.98 Å². The van der Waals surface area contributed by atoms with Gasteiger partial charge in [0.25, 0.3) is 0 Å². The van der Waals surface area contributed by atoms with Crippen molar-refractivity contribution in [3.8, 4) is 28.5 Å². The van der Waals surface area contributed by atoms with E-state index in [1.54, 1.807) is 12.1 Å². The summed E-state index contributed by atoms with van der Waals surface area (Å²) in [7, 11) is 1.48. The van der Waals surface area contributed by atoms with E-state index in [0.717, 1.165) is 0 Å². The van der Waals surface area contributed by atoms with Crippen LogP contribution in [0.5, 0.6) is 17.2 Å². The summed E-state index contributed by atoms with van der Waals surface area (Å²) in [6, 6.07) is 10.4. The van der Waals surface area contributed by atoms with Gasteiger partial charge in [0, 0.05) is 17.0 Å². The predicted molar refractivity (Wildman–Crippen MR) is 98.5 cm³/mol. The number of nitrogens with zero attached hydrogens (tertiary/aromatic N) is 1. The van der Waals surface area contributed by atoms with Gasteiger partial charge in [-0.25, -0.2) is 9.78 Å². The molecule has 0 saturated carbocycles. The predicted octanol–water partition coefficient (Wildman–Crippen LogP) is 4.61. The van der Waals surface area contributed by atoms with Gasteiger partial charge in [-0.3, -0.25) is 0 Å². The number of halogens is 2. The molecule has 28 heavy (non-hydrogen) atoms. The summed E-state index contributed by atoms with van der Waals surface area (Å²) in [5.74, 6) is -0.279. The summed E-state index contributed by atoms with van der Waals surface area (Å²) < 4.78 is 39.7. The van der Waals surface area contributed by atoms with E-state index in [2.05, 4.69) is 9.72 Å². The number of hydrogen-bond acceptors (Lipinski definition) is 5. The first-order valence-corrected chi connectivity index (χ1v) is 8.37. The highest BCUT2D eigenvalue weighted by atomic mass is 19.3. The van der Waals surface area contributed by atoms with Gasteiger partial charge >= 0.3 is 12.6 Å². The third kappa shape index (κ3) is 3.95. The van der Waals surface area contributed by atoms with Gasteiger partial charge in [-0.15, -0.1) is 0 Å². The van der Waals surface area contributed by atoms with Crippen molar-refractivity contribution >= 4 is 16.9 Å². The van der Waals surface area contributed by atoms with Crippen LogP contribution in [0.4, 0.5) is 8.78 Å². The molecule has 0 bridgehead atoms. The van der Waals surface area contributed by atoms with Crippen LogP contribution in [0.1, 0.15) is 17.3 Å². The van der Waals surface area contributed by atoms with Gasteiger partial charge in [0.05, 0.1) is 30.5 Å². The fourth-order valence-electron chi connectivity index (χ4n) is 2.79. The molecule has 0 fully saturated rings. The molecule has 0 aliphatic carbocycles. The van der Waals surface area contributed by atoms with Gasteiger partial charge in [0.15, 0.2) is 11.5 Å². The normalized spacial score (nSPS) is 10.9. The van der Waals surface area contributed by atoms with Crippen LogP contribution in [0, 0.1) is 0 Å². The highest BCUT2D eigenvalue weighted by molar-refractivity contribution is 6.04. The molecule has 8 heteroatoms. The highest BCUT2D eigenvalue weighted by Gasteiger charge is 2.17. The summed E-state index contributed by atoms with van der Waals surface area (Å²) in [6.45, 7) is -0.719. The fourth-order valence-corrected chi connectivity index (χ4v) is 2.79. The molecule has 0 unspecified atom stereocenters. The minimum absolute atomic E-state index is 0.000947. The number of aromatic carboxylic acids is 1. The summed E-state index contributed by atoms with van der Waals surface area (Å²) in [4.78, 5) is 16.3. The highest BCUT2D eigenvalue weighted by Crippen LogP contribution is 2.35. The van der Waals surface area contributed by atoms with Gasteiger partial charge < -0.3 is 19.3 Å². The zero-order chi connectivity index (χ0) is 20.3. The summed E-state index contributed by atoms with van der Waals surface area (Å²) >= 11 is 0. The van der Waals surface area contributed by atoms with Crippen molar-refractivity contribution < 1.29 is 32.9 Å². The Kier molecular flexibility index (Phi) is 5.58. The van der Waals surface area contributed by atoms with E-state index in [0.29, 0.717) is 40.3 Å². The maximum Gasteiger partial charge on any atom is 0.387 e. The second-order valence-electron chi connectivity index (χ2n) is 5.72. The monoisotopic (exact) mass is 389 g/mol. The molecule has 0 saturated heterocycles. The number of alkyl halides is 2. The first-order chi connectivity index (χ1) is 13.4. The largest absolute Gasteiger partial charge is 0.493 e. The number of pyridine rings is 1. The fraction of sp³-hybridized carbons (Fsp3) is 0.200. The quantitative estimate of drug-likeness (QED) is 0.636. The van der Waals surface area contributed by atoms with Gasteiger partial charge in [0.1, 0.15) is 5.75 Å². The Labute approximate surface area is 159 Å². The summed E-state index contributed by atoms with van der Waals surface area (Å²) in [5, 5.41) is 10.0. The minimum Gasteiger partial charge on any atom is -0.493 e. The van der Waals surface area contributed by atoms with Crippen LogP contribution in [0.25, 0.3) is 22.2 Å². The maximum absolute atomic E-state index is 12.3. The van der Waals surface area contributed by atoms with Crippen LogP contribution in [0.2, 0.25) is 0 Å². The molecule has 3 rings (SSSR count). The topological polar surface area (TPSA) is 77.9 Å². The molecule has 0 radical (unpaired) electrons. The molecule has 0 amide bonds. The molecule has 1 aromatic heterocycles. The van der Waals surface area contributed by atoms with Crippen molar-refractivity contribution in [3.05, 3.63) is 48.0 Å². The average Bonchev–Trinajstić information content (AvgIpc) is 2.67. The summed E-state index contributed by atoms with van der Waals surface area (Å²) in [6.07, 6.45) is 0. The number of carboxylic acids is 1. The second-order valence-corrected chi connectivity index (χ2v) is 5.72. The lowest BCUT2D eigenvalue weighted by Gasteiger charge is -2.13. The van der Waals surface area contributed by atoms with Crippen LogP contribution in [0.15, 0.2) is 42.5 Å². The number of carboxylic acid groups (broad SMARTS) is 1. The van der Waals surface area contributed by atoms with Crippen LogP contribution in [-0.4, -0.2) is 36.4 Å². The van der Waals surface area contributed by atoms with Gasteiger partial charge in [-0.1, -0.05) is 0 Å². The van der Waals surface area contributed by atoms with Crippen molar-refractivity contribution in [1.29, 1.82) is 0 Å². The number of carbonyl (C=O) groups is 1. The Bertz CT molecular complexity index is 1010. The van der Waals surface area contributed by atoms with E-state index in [1.807, 2.05) is 6.92 Å². The van der Waals surface area contributed by atoms with Gasteiger partial charge in [-0.2, -0.15) is 8.78 Å². The van der Waals surface area contributed by atoms with Gasteiger partial charge in [0.2, 0.25) is 0 Å². The van der Waals surface area contributed by atoms with E-state index in [4.69, 9.17) is 9.47 Å². The Balaban J connectivity index is 2.13. The molecular formula is C20H17F2NO5. The first-order valence-electron chi connectivity index (χ1n) is 8.37. The van der Waals surface area contributed by atoms with E-state index in [-0.39, 0.29) is 11.3 Å². The summed E-state index contributed by atoms with van der Waals surface area (Å²) in [5.41, 5.74) is 1.37. The molecule has 0 aliphatic heterocycles. The standard InChI is InChI=1S/C20H17F2NO5/c1-3-27-18-9-13-14(19(24)25)8-15(23-16(13)10-17(18)26-2)11-4-6-12(7-5-11)28-20(21)22/h4-10,20H,3H2,1-2H3,(H,24,25). The third-order valence-electron chi connectivity index (χ3n) is 4.00. The lowest BCUT2D eigenvalue weighted by molar-refractivity contribution is -0.0498. The Morgan fingerprint density at radius 3 is 2.43 bits per heavy atom. The van der Waals surface area contributed by atoms with Crippen LogP contribution in [0.3, 0.4) is 0 Å². The zero-order valence-corrected chi connectivity index (χ0v) is 15.1. The molecule has 0 spiro atoms.